The summed E-state index contributed by atoms with van der Waals surface area (Å²) in [5.41, 5.74) is 0. The molecule has 0 aliphatic heterocycles. The molecule has 1 aliphatic rings. The van der Waals surface area contributed by atoms with Gasteiger partial charge in [-0.3, -0.25) is 4.79 Å². The summed E-state index contributed by atoms with van der Waals surface area (Å²) in [6.45, 7) is 0.746. The summed E-state index contributed by atoms with van der Waals surface area (Å²) in [5.74, 6) is 0.596. The van der Waals surface area contributed by atoms with E-state index in [9.17, 15) is 14.4 Å². The molecule has 106 valence electrons. The van der Waals surface area contributed by atoms with Crippen molar-refractivity contribution in [3.63, 3.8) is 0 Å². The standard InChI is InChI=1S/C13H21BINO3/c1-16(13(19)12(14-15)6-7-17)8-10-2-4-11(9-18)5-3-10/h7,9-12,14H,2-6,8H2,1H3. The highest BCUT2D eigenvalue weighted by Gasteiger charge is 2.26. The van der Waals surface area contributed by atoms with Gasteiger partial charge in [0, 0.05) is 31.7 Å². The molecule has 1 fully saturated rings. The summed E-state index contributed by atoms with van der Waals surface area (Å²) in [6.07, 6.45) is 6.11. The van der Waals surface area contributed by atoms with Crippen LogP contribution in [0.2, 0.25) is 5.82 Å². The maximum absolute atomic E-state index is 12.2. The summed E-state index contributed by atoms with van der Waals surface area (Å²) in [6, 6.07) is 0. The molecule has 0 saturated heterocycles. The smallest absolute Gasteiger partial charge is 0.219 e. The predicted octanol–water partition coefficient (Wildman–Crippen LogP) is 1.61. The average molecular weight is 377 g/mol. The molecule has 4 nitrogen and oxygen atoms in total. The van der Waals surface area contributed by atoms with Gasteiger partial charge in [-0.1, -0.05) is 0 Å². The van der Waals surface area contributed by atoms with Gasteiger partial charge in [0.25, 0.3) is 0 Å². The van der Waals surface area contributed by atoms with E-state index in [1.165, 1.54) is 0 Å². The van der Waals surface area contributed by atoms with Gasteiger partial charge in [-0.2, -0.15) is 22.4 Å². The van der Waals surface area contributed by atoms with Crippen molar-refractivity contribution >= 4 is 46.0 Å². The lowest BCUT2D eigenvalue weighted by Crippen LogP contribution is -2.36. The number of nitrogens with zero attached hydrogens (tertiary/aromatic N) is 1. The topological polar surface area (TPSA) is 54.5 Å². The highest BCUT2D eigenvalue weighted by Crippen LogP contribution is 2.28. The monoisotopic (exact) mass is 377 g/mol. The lowest BCUT2D eigenvalue weighted by Gasteiger charge is -2.30. The molecule has 1 rings (SSSR count). The second-order valence-electron chi connectivity index (χ2n) is 5.39. The van der Waals surface area contributed by atoms with E-state index in [0.29, 0.717) is 17.5 Å². The minimum absolute atomic E-state index is 0.0685. The van der Waals surface area contributed by atoms with Gasteiger partial charge in [0.1, 0.15) is 12.6 Å². The molecule has 0 heterocycles. The first kappa shape index (κ1) is 16.7. The summed E-state index contributed by atoms with van der Waals surface area (Å²) in [5, 5.41) is 0.678. The number of aldehydes is 2. The Morgan fingerprint density at radius 3 is 2.47 bits per heavy atom. The third-order valence-corrected chi connectivity index (χ3v) is 4.97. The van der Waals surface area contributed by atoms with Gasteiger partial charge in [-0.25, -0.2) is 0 Å². The summed E-state index contributed by atoms with van der Waals surface area (Å²) >= 11 is 2.15. The lowest BCUT2D eigenvalue weighted by molar-refractivity contribution is -0.131. The second-order valence-corrected chi connectivity index (χ2v) is 6.27. The van der Waals surface area contributed by atoms with Crippen LogP contribution in [0.4, 0.5) is 0 Å². The van der Waals surface area contributed by atoms with Crippen molar-refractivity contribution in [1.82, 2.24) is 4.90 Å². The molecular formula is C13H21BINO3. The Labute approximate surface area is 128 Å². The third-order valence-electron chi connectivity index (χ3n) is 3.91. The molecule has 0 aromatic heterocycles. The van der Waals surface area contributed by atoms with Gasteiger partial charge in [0.2, 0.25) is 11.0 Å². The van der Waals surface area contributed by atoms with Crippen molar-refractivity contribution in [3.05, 3.63) is 0 Å². The first-order chi connectivity index (χ1) is 9.12. The van der Waals surface area contributed by atoms with Crippen LogP contribution in [0.15, 0.2) is 0 Å². The number of rotatable bonds is 7. The minimum Gasteiger partial charge on any atom is -0.346 e. The third kappa shape index (κ3) is 5.24. The highest BCUT2D eigenvalue weighted by molar-refractivity contribution is 14.1. The Bertz CT molecular complexity index is 319. The van der Waals surface area contributed by atoms with Gasteiger partial charge in [0.15, 0.2) is 0 Å². The summed E-state index contributed by atoms with van der Waals surface area (Å²) in [7, 11) is 1.82. The van der Waals surface area contributed by atoms with Crippen molar-refractivity contribution < 1.29 is 14.4 Å². The number of carbonyl (C=O) groups is 3. The Kier molecular flexibility index (Phi) is 7.64. The zero-order chi connectivity index (χ0) is 14.3. The van der Waals surface area contributed by atoms with E-state index in [0.717, 1.165) is 44.8 Å². The van der Waals surface area contributed by atoms with Crippen LogP contribution >= 0.6 is 22.4 Å². The fourth-order valence-corrected chi connectivity index (χ4v) is 3.38. The molecule has 1 saturated carbocycles. The molecule has 0 radical (unpaired) electrons. The van der Waals surface area contributed by atoms with E-state index in [4.69, 9.17) is 0 Å². The molecule has 0 aromatic rings. The molecule has 0 aromatic carbocycles. The van der Waals surface area contributed by atoms with E-state index in [-0.39, 0.29) is 17.6 Å². The summed E-state index contributed by atoms with van der Waals surface area (Å²) < 4.78 is 0. The maximum Gasteiger partial charge on any atom is 0.219 e. The zero-order valence-electron chi connectivity index (χ0n) is 11.4. The number of halogens is 1. The van der Waals surface area contributed by atoms with Gasteiger partial charge in [0.05, 0.1) is 0 Å². The SMILES string of the molecule is CN(CC1CCC(C=O)CC1)C(=O)C(BI)CC=O. The Balaban J connectivity index is 2.41. The molecular weight excluding hydrogens is 356 g/mol. The van der Waals surface area contributed by atoms with E-state index < -0.39 is 0 Å². The van der Waals surface area contributed by atoms with E-state index >= 15 is 0 Å². The van der Waals surface area contributed by atoms with Crippen LogP contribution in [0.1, 0.15) is 32.1 Å². The first-order valence-corrected chi connectivity index (χ1v) is 8.34. The molecule has 0 N–H and O–H groups in total. The van der Waals surface area contributed by atoms with Crippen LogP contribution in [-0.4, -0.2) is 42.1 Å². The van der Waals surface area contributed by atoms with E-state index in [2.05, 4.69) is 22.4 Å². The predicted molar refractivity (Wildman–Crippen MR) is 84.7 cm³/mol. The van der Waals surface area contributed by atoms with Crippen LogP contribution in [0.3, 0.4) is 0 Å². The zero-order valence-corrected chi connectivity index (χ0v) is 13.5. The number of carbonyl (C=O) groups excluding carboxylic acids is 3. The van der Waals surface area contributed by atoms with Crippen LogP contribution in [0, 0.1) is 11.8 Å². The van der Waals surface area contributed by atoms with Crippen molar-refractivity contribution in [2.24, 2.45) is 11.8 Å². The fraction of sp³-hybridized carbons (Fsp3) is 0.769. The molecule has 0 bridgehead atoms. The molecule has 6 heteroatoms. The Morgan fingerprint density at radius 2 is 2.00 bits per heavy atom. The molecule has 1 unspecified atom stereocenters. The Morgan fingerprint density at radius 1 is 1.37 bits per heavy atom. The maximum atomic E-state index is 12.2. The number of amides is 1. The molecule has 0 spiro atoms. The second kappa shape index (κ2) is 8.71. The van der Waals surface area contributed by atoms with E-state index in [1.807, 2.05) is 7.05 Å². The van der Waals surface area contributed by atoms with Crippen molar-refractivity contribution in [2.45, 2.75) is 37.9 Å². The van der Waals surface area contributed by atoms with Gasteiger partial charge in [-0.05, 0) is 31.6 Å². The van der Waals surface area contributed by atoms with Crippen molar-refractivity contribution in [2.75, 3.05) is 13.6 Å². The van der Waals surface area contributed by atoms with Crippen molar-refractivity contribution in [1.29, 1.82) is 0 Å². The first-order valence-electron chi connectivity index (χ1n) is 6.82. The van der Waals surface area contributed by atoms with E-state index in [1.54, 1.807) is 4.90 Å². The lowest BCUT2D eigenvalue weighted by atomic mass is 9.81. The van der Waals surface area contributed by atoms with Gasteiger partial charge < -0.3 is 14.5 Å². The van der Waals surface area contributed by atoms with Crippen LogP contribution < -0.4 is 0 Å². The number of hydrogen-bond acceptors (Lipinski definition) is 3. The van der Waals surface area contributed by atoms with Crippen LogP contribution in [0.5, 0.6) is 0 Å². The van der Waals surface area contributed by atoms with Crippen LogP contribution in [0.25, 0.3) is 0 Å². The molecule has 1 atom stereocenters. The molecule has 1 aliphatic carbocycles. The average Bonchev–Trinajstić information content (AvgIpc) is 2.44. The van der Waals surface area contributed by atoms with Crippen molar-refractivity contribution in [3.8, 4) is 0 Å². The van der Waals surface area contributed by atoms with Crippen LogP contribution in [-0.2, 0) is 14.4 Å². The minimum atomic E-state index is -0.186. The number of hydrogen-bond donors (Lipinski definition) is 0. The highest BCUT2D eigenvalue weighted by atomic mass is 127. The molecule has 19 heavy (non-hydrogen) atoms. The Hall–Kier alpha value is -0.395. The fourth-order valence-electron chi connectivity index (χ4n) is 2.64. The normalized spacial score (nSPS) is 24.3. The van der Waals surface area contributed by atoms with Gasteiger partial charge in [-0.15, -0.1) is 0 Å². The quantitative estimate of drug-likeness (QED) is 0.385. The van der Waals surface area contributed by atoms with Gasteiger partial charge >= 0.3 is 0 Å². The largest absolute Gasteiger partial charge is 0.346 e. The molecule has 1 amide bonds. The summed E-state index contributed by atoms with van der Waals surface area (Å²) in [4.78, 5) is 35.2.